The summed E-state index contributed by atoms with van der Waals surface area (Å²) in [7, 11) is 0. The van der Waals surface area contributed by atoms with Crippen LogP contribution in [0.25, 0.3) is 0 Å². The molecule has 0 aromatic heterocycles. The Balaban J connectivity index is 4.72. The summed E-state index contributed by atoms with van der Waals surface area (Å²) >= 11 is 0. The van der Waals surface area contributed by atoms with Gasteiger partial charge in [-0.2, -0.15) is 0 Å². The summed E-state index contributed by atoms with van der Waals surface area (Å²) in [6.07, 6.45) is 16.0. The van der Waals surface area contributed by atoms with Gasteiger partial charge in [-0.05, 0) is 25.7 Å². The van der Waals surface area contributed by atoms with Crippen molar-refractivity contribution in [2.24, 2.45) is 0 Å². The zero-order chi connectivity index (χ0) is 20.9. The number of ether oxygens (including phenoxy) is 3. The van der Waals surface area contributed by atoms with Crippen LogP contribution < -0.4 is 0 Å². The van der Waals surface area contributed by atoms with Crippen molar-refractivity contribution in [3.05, 3.63) is 0 Å². The van der Waals surface area contributed by atoms with E-state index in [1.54, 1.807) is 0 Å². The van der Waals surface area contributed by atoms with Gasteiger partial charge in [-0.3, -0.25) is 0 Å². The predicted molar refractivity (Wildman–Crippen MR) is 119 cm³/mol. The Kier molecular flexibility index (Phi) is 20.0. The van der Waals surface area contributed by atoms with Crippen molar-refractivity contribution in [1.82, 2.24) is 0 Å². The third-order valence-electron chi connectivity index (χ3n) is 5.16. The first kappa shape index (κ1) is 27.8. The van der Waals surface area contributed by atoms with E-state index in [1.165, 1.54) is 44.9 Å². The maximum absolute atomic E-state index is 11.2. The molecule has 0 aliphatic carbocycles. The van der Waals surface area contributed by atoms with Crippen LogP contribution in [-0.2, 0) is 14.2 Å². The summed E-state index contributed by atoms with van der Waals surface area (Å²) in [4.78, 5) is 0. The summed E-state index contributed by atoms with van der Waals surface area (Å²) in [6, 6.07) is 0. The summed E-state index contributed by atoms with van der Waals surface area (Å²) in [5.41, 5.74) is 0. The molecule has 0 radical (unpaired) electrons. The molecule has 0 fully saturated rings. The molecule has 1 unspecified atom stereocenters. The van der Waals surface area contributed by atoms with Gasteiger partial charge in [0.05, 0.1) is 13.2 Å². The van der Waals surface area contributed by atoms with Gasteiger partial charge in [0.15, 0.2) is 0 Å². The third-order valence-corrected chi connectivity index (χ3v) is 5.16. The Morgan fingerprint density at radius 2 is 1.00 bits per heavy atom. The summed E-state index contributed by atoms with van der Waals surface area (Å²) in [5, 5.41) is 11.2. The van der Waals surface area contributed by atoms with Gasteiger partial charge in [0.25, 0.3) is 0 Å². The van der Waals surface area contributed by atoms with Gasteiger partial charge in [-0.25, -0.2) is 0 Å². The molecular weight excluding hydrogens is 352 g/mol. The average Bonchev–Trinajstić information content (AvgIpc) is 2.69. The molecule has 0 aromatic rings. The first-order valence-corrected chi connectivity index (χ1v) is 12.3. The summed E-state index contributed by atoms with van der Waals surface area (Å²) in [6.45, 7) is 10.5. The van der Waals surface area contributed by atoms with Crippen LogP contribution in [0.4, 0.5) is 0 Å². The van der Waals surface area contributed by atoms with Crippen molar-refractivity contribution in [2.75, 3.05) is 19.8 Å². The molecular formula is C24H50O4. The first-order chi connectivity index (χ1) is 13.6. The van der Waals surface area contributed by atoms with Crippen molar-refractivity contribution in [3.63, 3.8) is 0 Å². The molecule has 0 rings (SSSR count). The van der Waals surface area contributed by atoms with Crippen LogP contribution in [0.15, 0.2) is 0 Å². The quantitative estimate of drug-likeness (QED) is 0.157. The monoisotopic (exact) mass is 402 g/mol. The lowest BCUT2D eigenvalue weighted by Gasteiger charge is -2.35. The van der Waals surface area contributed by atoms with Crippen molar-refractivity contribution in [3.8, 4) is 0 Å². The second-order valence-electron chi connectivity index (χ2n) is 8.01. The Bertz CT molecular complexity index is 295. The molecule has 0 bridgehead atoms. The lowest BCUT2D eigenvalue weighted by Crippen LogP contribution is -2.49. The van der Waals surface area contributed by atoms with Crippen molar-refractivity contribution in [1.29, 1.82) is 0 Å². The van der Waals surface area contributed by atoms with Gasteiger partial charge in [0.1, 0.15) is 6.10 Å². The van der Waals surface area contributed by atoms with Crippen molar-refractivity contribution >= 4 is 0 Å². The van der Waals surface area contributed by atoms with Gasteiger partial charge in [-0.15, -0.1) is 0 Å². The molecule has 1 N–H and O–H groups in total. The molecule has 170 valence electrons. The highest BCUT2D eigenvalue weighted by Crippen LogP contribution is 2.25. The van der Waals surface area contributed by atoms with E-state index < -0.39 is 12.1 Å². The van der Waals surface area contributed by atoms with E-state index in [1.807, 2.05) is 0 Å². The minimum atomic E-state index is -1.61. The Labute approximate surface area is 175 Å². The molecule has 0 saturated heterocycles. The van der Waals surface area contributed by atoms with Crippen LogP contribution in [0.3, 0.4) is 0 Å². The number of hydrogen-bond donors (Lipinski definition) is 1. The summed E-state index contributed by atoms with van der Waals surface area (Å²) < 4.78 is 18.0. The zero-order valence-electron chi connectivity index (χ0n) is 19.5. The molecule has 1 atom stereocenters. The molecule has 0 aliphatic rings. The molecule has 0 spiro atoms. The fraction of sp³-hybridized carbons (Fsp3) is 1.00. The highest BCUT2D eigenvalue weighted by Gasteiger charge is 2.40. The minimum Gasteiger partial charge on any atom is -0.370 e. The second kappa shape index (κ2) is 20.1. The SMILES string of the molecule is CCCCCCOC(CCCC)C(O)(OCCCCCC)OCCCCCC. The van der Waals surface area contributed by atoms with Crippen molar-refractivity contribution in [2.45, 2.75) is 136 Å². The molecule has 0 aliphatic heterocycles. The van der Waals surface area contributed by atoms with E-state index in [4.69, 9.17) is 14.2 Å². The lowest BCUT2D eigenvalue weighted by molar-refractivity contribution is -0.402. The maximum atomic E-state index is 11.2. The van der Waals surface area contributed by atoms with Crippen LogP contribution in [0.1, 0.15) is 124 Å². The van der Waals surface area contributed by atoms with Gasteiger partial charge in [-0.1, -0.05) is 98.3 Å². The van der Waals surface area contributed by atoms with Crippen LogP contribution in [0.5, 0.6) is 0 Å². The van der Waals surface area contributed by atoms with E-state index >= 15 is 0 Å². The fourth-order valence-electron chi connectivity index (χ4n) is 3.24. The van der Waals surface area contributed by atoms with Gasteiger partial charge >= 0.3 is 5.97 Å². The van der Waals surface area contributed by atoms with Crippen LogP contribution in [0.2, 0.25) is 0 Å². The van der Waals surface area contributed by atoms with Crippen LogP contribution >= 0.6 is 0 Å². The fourth-order valence-corrected chi connectivity index (χ4v) is 3.24. The lowest BCUT2D eigenvalue weighted by atomic mass is 10.1. The minimum absolute atomic E-state index is 0.411. The standard InChI is InChI=1S/C24H50O4/c1-5-9-13-16-20-26-23(19-12-8-4)24(25,27-21-17-14-10-6-2)28-22-18-15-11-7-3/h23,25H,5-22H2,1-4H3. The van der Waals surface area contributed by atoms with E-state index in [2.05, 4.69) is 27.7 Å². The number of unbranched alkanes of at least 4 members (excludes halogenated alkanes) is 10. The topological polar surface area (TPSA) is 47.9 Å². The highest BCUT2D eigenvalue weighted by atomic mass is 16.8. The molecule has 4 heteroatoms. The van der Waals surface area contributed by atoms with Gasteiger partial charge in [0, 0.05) is 6.61 Å². The number of rotatable bonds is 22. The average molecular weight is 403 g/mol. The number of aliphatic hydroxyl groups is 1. The summed E-state index contributed by atoms with van der Waals surface area (Å²) in [5.74, 6) is -1.61. The molecule has 4 nitrogen and oxygen atoms in total. The van der Waals surface area contributed by atoms with Crippen molar-refractivity contribution < 1.29 is 19.3 Å². The molecule has 0 amide bonds. The third kappa shape index (κ3) is 14.8. The highest BCUT2D eigenvalue weighted by molar-refractivity contribution is 4.71. The molecule has 28 heavy (non-hydrogen) atoms. The molecule has 0 saturated carbocycles. The van der Waals surface area contributed by atoms with Crippen LogP contribution in [-0.4, -0.2) is 37.0 Å². The molecule has 0 heterocycles. The smallest absolute Gasteiger partial charge is 0.308 e. The van der Waals surface area contributed by atoms with Gasteiger partial charge in [0.2, 0.25) is 0 Å². The van der Waals surface area contributed by atoms with Gasteiger partial charge < -0.3 is 19.3 Å². The van der Waals surface area contributed by atoms with E-state index in [0.717, 1.165) is 51.4 Å². The van der Waals surface area contributed by atoms with E-state index in [-0.39, 0.29) is 0 Å². The van der Waals surface area contributed by atoms with E-state index in [9.17, 15) is 5.11 Å². The predicted octanol–water partition coefficient (Wildman–Crippen LogP) is 6.98. The number of hydrogen-bond acceptors (Lipinski definition) is 4. The maximum Gasteiger partial charge on any atom is 0.308 e. The Morgan fingerprint density at radius 1 is 0.571 bits per heavy atom. The normalized spacial score (nSPS) is 13.2. The zero-order valence-corrected chi connectivity index (χ0v) is 19.5. The van der Waals surface area contributed by atoms with Crippen LogP contribution in [0, 0.1) is 0 Å². The Morgan fingerprint density at radius 3 is 1.43 bits per heavy atom. The Hall–Kier alpha value is -0.160. The van der Waals surface area contributed by atoms with E-state index in [0.29, 0.717) is 19.8 Å². The first-order valence-electron chi connectivity index (χ1n) is 12.3. The molecule has 0 aromatic carbocycles. The largest absolute Gasteiger partial charge is 0.370 e. The second-order valence-corrected chi connectivity index (χ2v) is 8.01.